The van der Waals surface area contributed by atoms with E-state index in [4.69, 9.17) is 14.0 Å². The maximum absolute atomic E-state index is 12.4. The number of carbonyl (C=O) groups is 1. The first-order valence-corrected chi connectivity index (χ1v) is 10.8. The Balaban J connectivity index is 1.41. The summed E-state index contributed by atoms with van der Waals surface area (Å²) in [7, 11) is 1.71. The van der Waals surface area contributed by atoms with Crippen LogP contribution in [0, 0.1) is 11.8 Å². The molecule has 2 aliphatic carbocycles. The van der Waals surface area contributed by atoms with Gasteiger partial charge in [-0.25, -0.2) is 0 Å². The number of aromatic nitrogens is 1. The first-order valence-electron chi connectivity index (χ1n) is 10.8. The van der Waals surface area contributed by atoms with Crippen molar-refractivity contribution < 1.29 is 18.8 Å². The number of rotatable bonds is 9. The van der Waals surface area contributed by atoms with E-state index < -0.39 is 0 Å². The largest absolute Gasteiger partial charge is 0.445 e. The molecule has 3 rings (SSSR count). The minimum absolute atomic E-state index is 0.0634. The van der Waals surface area contributed by atoms with Gasteiger partial charge in [0, 0.05) is 25.1 Å². The Kier molecular flexibility index (Phi) is 7.48. The number of nitrogens with zero attached hydrogens (tertiary/aromatic N) is 2. The van der Waals surface area contributed by atoms with E-state index in [2.05, 4.69) is 22.0 Å². The predicted molar refractivity (Wildman–Crippen MR) is 116 cm³/mol. The van der Waals surface area contributed by atoms with Gasteiger partial charge in [0.2, 0.25) is 11.7 Å². The van der Waals surface area contributed by atoms with Crippen molar-refractivity contribution in [1.29, 1.82) is 0 Å². The molecule has 1 unspecified atom stereocenters. The van der Waals surface area contributed by atoms with Gasteiger partial charge in [0.15, 0.2) is 0 Å². The zero-order chi connectivity index (χ0) is 21.7. The summed E-state index contributed by atoms with van der Waals surface area (Å²) in [6, 6.07) is 1.73. The van der Waals surface area contributed by atoms with Crippen molar-refractivity contribution in [2.75, 3.05) is 13.7 Å². The van der Waals surface area contributed by atoms with Gasteiger partial charge in [0.1, 0.15) is 17.6 Å². The van der Waals surface area contributed by atoms with Crippen LogP contribution < -0.4 is 5.32 Å². The summed E-state index contributed by atoms with van der Waals surface area (Å²) in [5.74, 6) is 2.06. The van der Waals surface area contributed by atoms with Crippen LogP contribution in [0.15, 0.2) is 34.0 Å². The lowest BCUT2D eigenvalue weighted by Gasteiger charge is -2.36. The SMILES string of the molecule is C=C(O/C(=N\C)C(C)OCC1CCC1)[C@H]1C[C@H](NC(=O)c2cc(/C(C)=C/C)no2)C1. The van der Waals surface area contributed by atoms with Crippen LogP contribution in [0.2, 0.25) is 0 Å². The van der Waals surface area contributed by atoms with Gasteiger partial charge in [-0.15, -0.1) is 0 Å². The molecule has 164 valence electrons. The fourth-order valence-electron chi connectivity index (χ4n) is 3.51. The van der Waals surface area contributed by atoms with Crippen LogP contribution in [0.1, 0.15) is 69.1 Å². The van der Waals surface area contributed by atoms with Crippen molar-refractivity contribution in [1.82, 2.24) is 10.5 Å². The molecule has 2 fully saturated rings. The van der Waals surface area contributed by atoms with Crippen LogP contribution in [-0.4, -0.2) is 42.8 Å². The highest BCUT2D eigenvalue weighted by Crippen LogP contribution is 2.34. The fourth-order valence-corrected chi connectivity index (χ4v) is 3.51. The molecule has 1 aromatic heterocycles. The van der Waals surface area contributed by atoms with Gasteiger partial charge in [0.05, 0.1) is 6.61 Å². The molecule has 1 N–H and O–H groups in total. The number of carbonyl (C=O) groups excluding carboxylic acids is 1. The van der Waals surface area contributed by atoms with Gasteiger partial charge in [-0.1, -0.05) is 24.2 Å². The summed E-state index contributed by atoms with van der Waals surface area (Å²) in [5, 5.41) is 6.91. The van der Waals surface area contributed by atoms with Crippen molar-refractivity contribution >= 4 is 17.4 Å². The third kappa shape index (κ3) is 5.39. The Morgan fingerprint density at radius 1 is 1.47 bits per heavy atom. The number of amides is 1. The molecule has 0 bridgehead atoms. The Hall–Kier alpha value is -2.41. The second kappa shape index (κ2) is 10.1. The molecule has 0 radical (unpaired) electrons. The van der Waals surface area contributed by atoms with Gasteiger partial charge in [-0.3, -0.25) is 9.79 Å². The van der Waals surface area contributed by atoms with Crippen molar-refractivity contribution in [2.24, 2.45) is 16.8 Å². The summed E-state index contributed by atoms with van der Waals surface area (Å²) in [6.45, 7) is 10.6. The lowest BCUT2D eigenvalue weighted by molar-refractivity contribution is 0.0410. The van der Waals surface area contributed by atoms with E-state index in [1.807, 2.05) is 26.8 Å². The first-order chi connectivity index (χ1) is 14.4. The van der Waals surface area contributed by atoms with Crippen molar-refractivity contribution in [3.05, 3.63) is 35.9 Å². The zero-order valence-electron chi connectivity index (χ0n) is 18.4. The Morgan fingerprint density at radius 2 is 2.20 bits per heavy atom. The number of nitrogens with one attached hydrogen (secondary N) is 1. The van der Waals surface area contributed by atoms with Crippen LogP contribution in [-0.2, 0) is 9.47 Å². The molecule has 1 atom stereocenters. The van der Waals surface area contributed by atoms with Crippen LogP contribution in [0.3, 0.4) is 0 Å². The minimum Gasteiger partial charge on any atom is -0.445 e. The number of hydrogen-bond acceptors (Lipinski definition) is 6. The number of allylic oxidation sites excluding steroid dienone is 3. The topological polar surface area (TPSA) is 86.0 Å². The molecule has 0 aromatic carbocycles. The predicted octanol–water partition coefficient (Wildman–Crippen LogP) is 4.37. The zero-order valence-corrected chi connectivity index (χ0v) is 18.4. The third-order valence-corrected chi connectivity index (χ3v) is 6.11. The van der Waals surface area contributed by atoms with Crippen LogP contribution in [0.25, 0.3) is 5.57 Å². The lowest BCUT2D eigenvalue weighted by atomic mass is 9.79. The molecule has 7 heteroatoms. The summed E-state index contributed by atoms with van der Waals surface area (Å²) in [4.78, 5) is 16.6. The van der Waals surface area contributed by atoms with Gasteiger partial charge in [-0.2, -0.15) is 0 Å². The highest BCUT2D eigenvalue weighted by molar-refractivity contribution is 5.92. The van der Waals surface area contributed by atoms with Crippen molar-refractivity contribution in [2.45, 2.75) is 65.0 Å². The van der Waals surface area contributed by atoms with Crippen molar-refractivity contribution in [3.8, 4) is 0 Å². The van der Waals surface area contributed by atoms with Gasteiger partial charge in [0.25, 0.3) is 5.91 Å². The molecular weight excluding hydrogens is 382 g/mol. The van der Waals surface area contributed by atoms with Crippen LogP contribution in [0.4, 0.5) is 0 Å². The lowest BCUT2D eigenvalue weighted by Crippen LogP contribution is -2.45. The molecule has 2 saturated carbocycles. The molecule has 0 saturated heterocycles. The second-order valence-electron chi connectivity index (χ2n) is 8.29. The van der Waals surface area contributed by atoms with E-state index in [0.717, 1.165) is 25.0 Å². The molecule has 2 aliphatic rings. The molecule has 0 spiro atoms. The second-order valence-corrected chi connectivity index (χ2v) is 8.29. The van der Waals surface area contributed by atoms with E-state index >= 15 is 0 Å². The normalized spacial score (nSPS) is 23.3. The number of aliphatic imine (C=N–C) groups is 1. The molecule has 1 amide bonds. The van der Waals surface area contributed by atoms with E-state index in [0.29, 0.717) is 23.3 Å². The first kappa shape index (κ1) is 22.3. The highest BCUT2D eigenvalue weighted by Gasteiger charge is 2.35. The highest BCUT2D eigenvalue weighted by atomic mass is 16.5. The molecule has 7 nitrogen and oxygen atoms in total. The Bertz CT molecular complexity index is 816. The standard InChI is InChI=1S/C23H33N3O4/c1-6-14(2)20-12-21(30-26-20)22(27)25-19-10-18(11-19)15(3)29-23(24-5)16(4)28-13-17-8-7-9-17/h6,12,16-19H,3,7-11,13H2,1-2,4-5H3,(H,25,27)/b14-6+,24-23-/t16?,18-,19-. The molecular formula is C23H33N3O4. The monoisotopic (exact) mass is 415 g/mol. The molecule has 30 heavy (non-hydrogen) atoms. The maximum atomic E-state index is 12.4. The summed E-state index contributed by atoms with van der Waals surface area (Å²) < 4.78 is 17.0. The van der Waals surface area contributed by atoms with E-state index in [9.17, 15) is 4.79 Å². The third-order valence-electron chi connectivity index (χ3n) is 6.11. The number of ether oxygens (including phenoxy) is 2. The summed E-state index contributed by atoms with van der Waals surface area (Å²) in [5.41, 5.74) is 1.64. The van der Waals surface area contributed by atoms with Gasteiger partial charge in [-0.05, 0) is 57.9 Å². The maximum Gasteiger partial charge on any atom is 0.290 e. The summed E-state index contributed by atoms with van der Waals surface area (Å²) >= 11 is 0. The molecule has 1 aromatic rings. The van der Waals surface area contributed by atoms with Gasteiger partial charge >= 0.3 is 0 Å². The number of hydrogen-bond donors (Lipinski definition) is 1. The fraction of sp³-hybridized carbons (Fsp3) is 0.609. The average molecular weight is 416 g/mol. The Morgan fingerprint density at radius 3 is 2.80 bits per heavy atom. The smallest absolute Gasteiger partial charge is 0.290 e. The minimum atomic E-state index is -0.249. The van der Waals surface area contributed by atoms with E-state index in [-0.39, 0.29) is 29.7 Å². The average Bonchev–Trinajstić information content (AvgIpc) is 3.16. The van der Waals surface area contributed by atoms with Crippen LogP contribution >= 0.6 is 0 Å². The molecule has 0 aliphatic heterocycles. The quantitative estimate of drug-likeness (QED) is 0.368. The van der Waals surface area contributed by atoms with E-state index in [1.165, 1.54) is 19.3 Å². The van der Waals surface area contributed by atoms with Crippen molar-refractivity contribution in [3.63, 3.8) is 0 Å². The van der Waals surface area contributed by atoms with Crippen LogP contribution in [0.5, 0.6) is 0 Å². The van der Waals surface area contributed by atoms with Gasteiger partial charge < -0.3 is 19.3 Å². The molecule has 1 heterocycles. The van der Waals surface area contributed by atoms with E-state index in [1.54, 1.807) is 13.1 Å². The summed E-state index contributed by atoms with van der Waals surface area (Å²) in [6.07, 6.45) is 7.08. The Labute approximate surface area is 178 Å².